The van der Waals surface area contributed by atoms with Gasteiger partial charge in [0.25, 0.3) is 11.8 Å². The van der Waals surface area contributed by atoms with E-state index in [0.717, 1.165) is 27.9 Å². The van der Waals surface area contributed by atoms with E-state index in [0.29, 0.717) is 23.6 Å². The number of benzene rings is 3. The largest absolute Gasteiger partial charge is 0.496 e. The van der Waals surface area contributed by atoms with Crippen LogP contribution in [0.1, 0.15) is 29.2 Å². The molecule has 0 saturated heterocycles. The number of aryl methyl sites for hydroxylation is 2. The van der Waals surface area contributed by atoms with Crippen molar-refractivity contribution in [1.29, 1.82) is 0 Å². The summed E-state index contributed by atoms with van der Waals surface area (Å²) in [6, 6.07) is 23.1. The molecule has 1 aliphatic rings. The Labute approximate surface area is 194 Å². The van der Waals surface area contributed by atoms with Gasteiger partial charge >= 0.3 is 0 Å². The van der Waals surface area contributed by atoms with E-state index in [1.54, 1.807) is 7.11 Å². The molecule has 0 atom stereocenters. The molecule has 168 valence electrons. The molecule has 0 saturated carbocycles. The maximum atomic E-state index is 13.8. The minimum absolute atomic E-state index is 0.145. The summed E-state index contributed by atoms with van der Waals surface area (Å²) in [5.41, 5.74) is 5.37. The Hall–Kier alpha value is -3.86. The van der Waals surface area contributed by atoms with Crippen LogP contribution in [0.2, 0.25) is 0 Å². The summed E-state index contributed by atoms with van der Waals surface area (Å²) >= 11 is 0. The Balaban J connectivity index is 1.86. The number of amides is 2. The van der Waals surface area contributed by atoms with Crippen LogP contribution in [0, 0.1) is 13.8 Å². The molecule has 0 aromatic heterocycles. The molecule has 0 N–H and O–H groups in total. The predicted octanol–water partition coefficient (Wildman–Crippen LogP) is 5.12. The quantitative estimate of drug-likeness (QED) is 0.479. The van der Waals surface area contributed by atoms with Crippen molar-refractivity contribution in [3.05, 3.63) is 101 Å². The van der Waals surface area contributed by atoms with Crippen LogP contribution in [-0.4, -0.2) is 30.4 Å². The van der Waals surface area contributed by atoms with Crippen LogP contribution in [0.15, 0.2) is 78.5 Å². The van der Waals surface area contributed by atoms with Gasteiger partial charge in [-0.3, -0.25) is 14.5 Å². The van der Waals surface area contributed by atoms with Crippen molar-refractivity contribution >= 4 is 23.1 Å². The van der Waals surface area contributed by atoms with E-state index in [-0.39, 0.29) is 18.4 Å². The number of hydrogen-bond acceptors (Lipinski definition) is 4. The lowest BCUT2D eigenvalue weighted by Gasteiger charge is -2.25. The highest BCUT2D eigenvalue weighted by atomic mass is 16.5. The molecule has 0 unspecified atom stereocenters. The van der Waals surface area contributed by atoms with Crippen molar-refractivity contribution in [3.63, 3.8) is 0 Å². The zero-order valence-corrected chi connectivity index (χ0v) is 19.5. The zero-order valence-electron chi connectivity index (χ0n) is 19.5. The Kier molecular flexibility index (Phi) is 6.31. The van der Waals surface area contributed by atoms with Crippen molar-refractivity contribution in [2.24, 2.45) is 0 Å². The molecule has 0 bridgehead atoms. The number of ether oxygens (including phenoxy) is 1. The van der Waals surface area contributed by atoms with E-state index >= 15 is 0 Å². The third-order valence-electron chi connectivity index (χ3n) is 5.97. The Bertz CT molecular complexity index is 1230. The third kappa shape index (κ3) is 4.14. The smallest absolute Gasteiger partial charge is 0.278 e. The molecule has 1 heterocycles. The first-order chi connectivity index (χ1) is 16.0. The summed E-state index contributed by atoms with van der Waals surface area (Å²) in [7, 11) is 1.59. The molecule has 0 aliphatic carbocycles. The summed E-state index contributed by atoms with van der Waals surface area (Å²) in [6.07, 6.45) is 0. The van der Waals surface area contributed by atoms with Gasteiger partial charge in [0.1, 0.15) is 11.4 Å². The summed E-state index contributed by atoms with van der Waals surface area (Å²) in [5.74, 6) is 0.0591. The number of nitrogens with zero attached hydrogens (tertiary/aromatic N) is 2. The molecule has 1 aliphatic heterocycles. The number of para-hydroxylation sites is 2. The highest BCUT2D eigenvalue weighted by Crippen LogP contribution is 2.37. The summed E-state index contributed by atoms with van der Waals surface area (Å²) in [6.45, 7) is 6.68. The van der Waals surface area contributed by atoms with Crippen molar-refractivity contribution in [2.75, 3.05) is 18.6 Å². The standard InChI is InChI=1S/C28H28N2O3/c1-5-29(22-12-7-6-8-13-22)26-25(23-16-15-19(2)17-20(23)3)27(31)30(28(26)32)18-21-11-9-10-14-24(21)33-4/h6-17H,5,18H2,1-4H3. The van der Waals surface area contributed by atoms with Gasteiger partial charge in [-0.2, -0.15) is 0 Å². The second-order valence-corrected chi connectivity index (χ2v) is 8.13. The number of carbonyl (C=O) groups excluding carboxylic acids is 2. The fourth-order valence-electron chi connectivity index (χ4n) is 4.38. The first kappa shape index (κ1) is 22.3. The number of anilines is 1. The van der Waals surface area contributed by atoms with E-state index in [1.807, 2.05) is 98.5 Å². The average molecular weight is 441 g/mol. The van der Waals surface area contributed by atoms with E-state index in [4.69, 9.17) is 4.74 Å². The van der Waals surface area contributed by atoms with Crippen LogP contribution in [0.5, 0.6) is 5.75 Å². The van der Waals surface area contributed by atoms with Gasteiger partial charge in [-0.15, -0.1) is 0 Å². The second kappa shape index (κ2) is 9.33. The molecule has 5 heteroatoms. The lowest BCUT2D eigenvalue weighted by atomic mass is 9.97. The van der Waals surface area contributed by atoms with Crippen molar-refractivity contribution in [1.82, 2.24) is 4.90 Å². The first-order valence-corrected chi connectivity index (χ1v) is 11.1. The summed E-state index contributed by atoms with van der Waals surface area (Å²) < 4.78 is 5.46. The van der Waals surface area contributed by atoms with E-state index < -0.39 is 0 Å². The molecule has 2 amide bonds. The molecular formula is C28H28N2O3. The number of likely N-dealkylation sites (N-methyl/N-ethyl adjacent to an activating group) is 1. The average Bonchev–Trinajstić information content (AvgIpc) is 3.05. The maximum absolute atomic E-state index is 13.8. The third-order valence-corrected chi connectivity index (χ3v) is 5.97. The summed E-state index contributed by atoms with van der Waals surface area (Å²) in [5, 5.41) is 0. The zero-order chi connectivity index (χ0) is 23.5. The number of methoxy groups -OCH3 is 1. The first-order valence-electron chi connectivity index (χ1n) is 11.1. The van der Waals surface area contributed by atoms with Gasteiger partial charge in [-0.25, -0.2) is 0 Å². The topological polar surface area (TPSA) is 49.9 Å². The van der Waals surface area contributed by atoms with Gasteiger partial charge in [0, 0.05) is 17.8 Å². The highest BCUT2D eigenvalue weighted by molar-refractivity contribution is 6.36. The predicted molar refractivity (Wildman–Crippen MR) is 131 cm³/mol. The number of rotatable bonds is 7. The van der Waals surface area contributed by atoms with Gasteiger partial charge in [0.15, 0.2) is 0 Å². The Morgan fingerprint density at radius 3 is 2.24 bits per heavy atom. The van der Waals surface area contributed by atoms with Crippen molar-refractivity contribution in [2.45, 2.75) is 27.3 Å². The van der Waals surface area contributed by atoms with Crippen LogP contribution in [-0.2, 0) is 16.1 Å². The number of carbonyl (C=O) groups is 2. The molecular weight excluding hydrogens is 412 g/mol. The molecule has 0 fully saturated rings. The fourth-order valence-corrected chi connectivity index (χ4v) is 4.38. The van der Waals surface area contributed by atoms with Gasteiger partial charge < -0.3 is 9.64 Å². The fraction of sp³-hybridized carbons (Fsp3) is 0.214. The molecule has 33 heavy (non-hydrogen) atoms. The second-order valence-electron chi connectivity index (χ2n) is 8.13. The molecule has 0 spiro atoms. The monoisotopic (exact) mass is 440 g/mol. The molecule has 3 aromatic carbocycles. The van der Waals surface area contributed by atoms with Crippen molar-refractivity contribution in [3.8, 4) is 5.75 Å². The number of hydrogen-bond donors (Lipinski definition) is 0. The Morgan fingerprint density at radius 1 is 0.879 bits per heavy atom. The summed E-state index contributed by atoms with van der Waals surface area (Å²) in [4.78, 5) is 30.9. The highest BCUT2D eigenvalue weighted by Gasteiger charge is 2.42. The van der Waals surface area contributed by atoms with Crippen LogP contribution >= 0.6 is 0 Å². The van der Waals surface area contributed by atoms with Crippen molar-refractivity contribution < 1.29 is 14.3 Å². The van der Waals surface area contributed by atoms with Crippen LogP contribution in [0.25, 0.3) is 5.57 Å². The minimum Gasteiger partial charge on any atom is -0.496 e. The van der Waals surface area contributed by atoms with Crippen LogP contribution in [0.3, 0.4) is 0 Å². The lowest BCUT2D eigenvalue weighted by molar-refractivity contribution is -0.137. The maximum Gasteiger partial charge on any atom is 0.278 e. The van der Waals surface area contributed by atoms with Gasteiger partial charge in [-0.05, 0) is 50.1 Å². The van der Waals surface area contributed by atoms with Crippen LogP contribution in [0.4, 0.5) is 5.69 Å². The van der Waals surface area contributed by atoms with E-state index in [9.17, 15) is 9.59 Å². The molecule has 0 radical (unpaired) electrons. The molecule has 5 nitrogen and oxygen atoms in total. The Morgan fingerprint density at radius 2 is 1.58 bits per heavy atom. The number of imide groups is 1. The molecule has 3 aromatic rings. The molecule has 4 rings (SSSR count). The normalized spacial score (nSPS) is 13.6. The SMILES string of the molecule is CCN(C1=C(c2ccc(C)cc2C)C(=O)N(Cc2ccccc2OC)C1=O)c1ccccc1. The lowest BCUT2D eigenvalue weighted by Crippen LogP contribution is -2.35. The van der Waals surface area contributed by atoms with Gasteiger partial charge in [0.05, 0.1) is 19.2 Å². The van der Waals surface area contributed by atoms with E-state index in [2.05, 4.69) is 0 Å². The van der Waals surface area contributed by atoms with Gasteiger partial charge in [-0.1, -0.05) is 60.2 Å². The van der Waals surface area contributed by atoms with E-state index in [1.165, 1.54) is 4.90 Å². The minimum atomic E-state index is -0.299. The van der Waals surface area contributed by atoms with Crippen LogP contribution < -0.4 is 9.64 Å². The van der Waals surface area contributed by atoms with Gasteiger partial charge in [0.2, 0.25) is 0 Å².